The molecule has 14 heteroatoms. The van der Waals surface area contributed by atoms with Crippen LogP contribution >= 0.6 is 0 Å². The number of halogens is 6. The second-order valence-electron chi connectivity index (χ2n) is 9.82. The predicted octanol–water partition coefficient (Wildman–Crippen LogP) is 6.41. The zero-order valence-electron chi connectivity index (χ0n) is 21.5. The van der Waals surface area contributed by atoms with E-state index in [2.05, 4.69) is 31.3 Å². The minimum absolute atomic E-state index is 0.0590. The highest BCUT2D eigenvalue weighted by atomic mass is 19.4. The molecule has 0 spiro atoms. The van der Waals surface area contributed by atoms with Crippen LogP contribution in [0.5, 0.6) is 0 Å². The number of nitrogens with zero attached hydrogens (tertiary/aromatic N) is 3. The van der Waals surface area contributed by atoms with Crippen molar-refractivity contribution >= 4 is 33.7 Å². The van der Waals surface area contributed by atoms with Crippen LogP contribution in [0.2, 0.25) is 0 Å². The highest BCUT2D eigenvalue weighted by Gasteiger charge is 2.71. The number of aliphatic hydroxyl groups is 1. The van der Waals surface area contributed by atoms with Crippen LogP contribution in [-0.4, -0.2) is 43.3 Å². The number of nitrogens with one attached hydrogen (secondary N) is 3. The van der Waals surface area contributed by atoms with Gasteiger partial charge in [-0.15, -0.1) is 0 Å². The van der Waals surface area contributed by atoms with E-state index in [9.17, 15) is 36.2 Å². The van der Waals surface area contributed by atoms with Crippen LogP contribution in [0.15, 0.2) is 42.7 Å². The van der Waals surface area contributed by atoms with E-state index < -0.39 is 29.4 Å². The topological polar surface area (TPSA) is 130 Å². The van der Waals surface area contributed by atoms with E-state index in [1.54, 1.807) is 12.3 Å². The maximum absolute atomic E-state index is 12.9. The molecule has 218 valence electrons. The van der Waals surface area contributed by atoms with Gasteiger partial charge in [0, 0.05) is 29.3 Å². The first-order valence-corrected chi connectivity index (χ1v) is 12.8. The molecule has 8 nitrogen and oxygen atoms in total. The lowest BCUT2D eigenvalue weighted by Gasteiger charge is -2.32. The van der Waals surface area contributed by atoms with Crippen molar-refractivity contribution in [2.45, 2.75) is 62.9 Å². The molecule has 5 rings (SSSR count). The van der Waals surface area contributed by atoms with E-state index >= 15 is 0 Å². The van der Waals surface area contributed by atoms with E-state index in [1.807, 2.05) is 0 Å². The zero-order chi connectivity index (χ0) is 29.8. The Kier molecular flexibility index (Phi) is 8.58. The minimum Gasteiger partial charge on any atom is -0.369 e. The molecule has 1 aliphatic carbocycles. The summed E-state index contributed by atoms with van der Waals surface area (Å²) in [6.07, 6.45) is -1.52. The fourth-order valence-electron chi connectivity index (χ4n) is 4.77. The third-order valence-corrected chi connectivity index (χ3v) is 6.92. The maximum atomic E-state index is 12.9. The number of alkyl halides is 6. The molecule has 0 radical (unpaired) electrons. The molecule has 0 unspecified atom stereocenters. The van der Waals surface area contributed by atoms with Crippen molar-refractivity contribution in [3.63, 3.8) is 0 Å². The number of carbonyl (C=O) groups excluding carboxylic acids is 1. The van der Waals surface area contributed by atoms with Gasteiger partial charge in [-0.25, -0.2) is 9.97 Å². The Bertz CT molecular complexity index is 1510. The molecule has 41 heavy (non-hydrogen) atoms. The molecule has 1 aromatic carbocycles. The monoisotopic (exact) mass is 580 g/mol. The minimum atomic E-state index is -5.99. The lowest BCUT2D eigenvalue weighted by Crippen LogP contribution is -2.53. The van der Waals surface area contributed by atoms with Crippen LogP contribution in [0.25, 0.3) is 22.1 Å². The lowest BCUT2D eigenvalue weighted by atomic mass is 9.87. The number of H-pyrrole nitrogens is 2. The van der Waals surface area contributed by atoms with Crippen LogP contribution < -0.4 is 5.32 Å². The number of pyridine rings is 1. The Morgan fingerprint density at radius 2 is 1.71 bits per heavy atom. The lowest BCUT2D eigenvalue weighted by molar-refractivity contribution is -0.376. The van der Waals surface area contributed by atoms with Crippen molar-refractivity contribution in [3.8, 4) is 6.07 Å². The molecule has 1 saturated carbocycles. The van der Waals surface area contributed by atoms with Gasteiger partial charge in [-0.05, 0) is 37.0 Å². The summed E-state index contributed by atoms with van der Waals surface area (Å²) in [5.74, 6) is 0.411. The first kappa shape index (κ1) is 29.9. The van der Waals surface area contributed by atoms with E-state index in [0.717, 1.165) is 29.9 Å². The maximum Gasteiger partial charge on any atom is 0.430 e. The third-order valence-electron chi connectivity index (χ3n) is 6.92. The summed E-state index contributed by atoms with van der Waals surface area (Å²) in [5.41, 5.74) is -4.73. The van der Waals surface area contributed by atoms with Gasteiger partial charge >= 0.3 is 12.4 Å². The van der Waals surface area contributed by atoms with Crippen LogP contribution in [0.3, 0.4) is 0 Å². The van der Waals surface area contributed by atoms with Gasteiger partial charge in [-0.1, -0.05) is 31.4 Å². The zero-order valence-corrected chi connectivity index (χ0v) is 21.5. The van der Waals surface area contributed by atoms with Crippen molar-refractivity contribution in [3.05, 3.63) is 54.1 Å². The SMILES string of the molecule is N#CCC1CCCCC1.O=C(Cc1nc2c(cnc3[nH]ccc32)[nH]1)Nc1ccc(C(O)(C(F)(F)F)C(F)(F)F)cc1. The third kappa shape index (κ3) is 6.45. The Morgan fingerprint density at radius 1 is 1.05 bits per heavy atom. The quantitative estimate of drug-likeness (QED) is 0.203. The standard InChI is InChI=1S/C19H13F6N5O2.C8H13N/c20-18(21,22)17(32,19(23,24)25)9-1-3-10(4-2-9)28-14(31)7-13-29-12-8-27-16-11(5-6-26-16)15(12)30-13;9-7-6-8-4-2-1-3-5-8/h1-6,8,32H,7H2,(H,26,27)(H,28,31)(H,29,30);8H,1-6H2. The summed E-state index contributed by atoms with van der Waals surface area (Å²) in [4.78, 5) is 26.6. The Labute approximate surface area is 229 Å². The molecule has 4 N–H and O–H groups in total. The number of nitriles is 1. The van der Waals surface area contributed by atoms with Gasteiger partial charge < -0.3 is 20.4 Å². The fourth-order valence-corrected chi connectivity index (χ4v) is 4.77. The molecule has 1 amide bonds. The molecular weight excluding hydrogens is 554 g/mol. The van der Waals surface area contributed by atoms with Crippen LogP contribution in [-0.2, 0) is 16.8 Å². The van der Waals surface area contributed by atoms with Gasteiger partial charge in [0.15, 0.2) is 0 Å². The van der Waals surface area contributed by atoms with Crippen LogP contribution in [0, 0.1) is 17.2 Å². The van der Waals surface area contributed by atoms with Crippen molar-refractivity contribution in [1.82, 2.24) is 19.9 Å². The van der Waals surface area contributed by atoms with Crippen LogP contribution in [0.1, 0.15) is 49.9 Å². The number of carbonyl (C=O) groups is 1. The highest BCUT2D eigenvalue weighted by Crippen LogP contribution is 2.50. The summed E-state index contributed by atoms with van der Waals surface area (Å²) in [7, 11) is 0. The molecule has 3 heterocycles. The van der Waals surface area contributed by atoms with Gasteiger partial charge in [-0.3, -0.25) is 4.79 Å². The largest absolute Gasteiger partial charge is 0.430 e. The molecule has 0 atom stereocenters. The molecule has 0 aliphatic heterocycles. The average Bonchev–Trinajstić information content (AvgIpc) is 3.55. The number of hydrogen-bond acceptors (Lipinski definition) is 5. The van der Waals surface area contributed by atoms with Gasteiger partial charge in [0.2, 0.25) is 5.91 Å². The van der Waals surface area contributed by atoms with Crippen LogP contribution in [0.4, 0.5) is 32.0 Å². The summed E-state index contributed by atoms with van der Waals surface area (Å²) in [6.45, 7) is 0. The first-order valence-electron chi connectivity index (χ1n) is 12.8. The number of imidazole rings is 1. The van der Waals surface area contributed by atoms with Gasteiger partial charge in [0.05, 0.1) is 24.2 Å². The van der Waals surface area contributed by atoms with E-state index in [4.69, 9.17) is 5.26 Å². The Morgan fingerprint density at radius 3 is 2.32 bits per heavy atom. The number of benzene rings is 1. The van der Waals surface area contributed by atoms with E-state index in [1.165, 1.54) is 38.3 Å². The van der Waals surface area contributed by atoms with Gasteiger partial charge in [-0.2, -0.15) is 31.6 Å². The first-order chi connectivity index (χ1) is 19.3. The number of aromatic nitrogens is 4. The van der Waals surface area contributed by atoms with Gasteiger partial charge in [0.1, 0.15) is 17.0 Å². The Balaban J connectivity index is 0.000000367. The normalized spacial score (nSPS) is 14.9. The smallest absolute Gasteiger partial charge is 0.369 e. The van der Waals surface area contributed by atoms with Crippen molar-refractivity contribution in [2.24, 2.45) is 5.92 Å². The summed E-state index contributed by atoms with van der Waals surface area (Å²) < 4.78 is 77.7. The number of anilines is 1. The molecule has 0 saturated heterocycles. The molecule has 3 aromatic heterocycles. The van der Waals surface area contributed by atoms with E-state index in [-0.39, 0.29) is 17.9 Å². The Hall–Kier alpha value is -4.12. The highest BCUT2D eigenvalue weighted by molar-refractivity contribution is 6.01. The summed E-state index contributed by atoms with van der Waals surface area (Å²) >= 11 is 0. The number of fused-ring (bicyclic) bond motifs is 3. The van der Waals surface area contributed by atoms with Crippen molar-refractivity contribution < 1.29 is 36.2 Å². The number of amides is 1. The van der Waals surface area contributed by atoms with Crippen molar-refractivity contribution in [1.29, 1.82) is 5.26 Å². The predicted molar refractivity (Wildman–Crippen MR) is 137 cm³/mol. The fraction of sp³-hybridized carbons (Fsp3) is 0.407. The molecule has 1 aliphatic rings. The number of hydrogen-bond donors (Lipinski definition) is 4. The average molecular weight is 581 g/mol. The molecular formula is C27H26F6N6O2. The van der Waals surface area contributed by atoms with Crippen molar-refractivity contribution in [2.75, 3.05) is 5.32 Å². The second kappa shape index (κ2) is 11.8. The summed E-state index contributed by atoms with van der Waals surface area (Å²) in [6, 6.07) is 6.57. The molecule has 1 fully saturated rings. The number of aromatic amines is 2. The molecule has 4 aromatic rings. The second-order valence-corrected chi connectivity index (χ2v) is 9.82. The number of rotatable bonds is 5. The molecule has 0 bridgehead atoms. The summed E-state index contributed by atoms with van der Waals surface area (Å²) in [5, 5.41) is 20.9. The van der Waals surface area contributed by atoms with E-state index in [0.29, 0.717) is 28.8 Å². The van der Waals surface area contributed by atoms with Gasteiger partial charge in [0.25, 0.3) is 5.60 Å².